The molecule has 7 aromatic carbocycles. The van der Waals surface area contributed by atoms with Gasteiger partial charge < -0.3 is 0 Å². The standard InChI is InChI=1S/C51H28N2O2/c54-49-35-15-3-1-11-27(35)31-17-9-19-33-39-23-43-37(25-45(39)52(49)47(31)33)38-26-46-40(34-20-10-18-32-28-12-2-4-16-36(28)50(55)53(46)48(32)34)24-44(38)51(43)41-21-7-5-13-29(41)30-14-6-8-22-42(30)51/h1-26,33,47H. The van der Waals surface area contributed by atoms with E-state index in [1.54, 1.807) is 0 Å². The Labute approximate surface area is 314 Å². The summed E-state index contributed by atoms with van der Waals surface area (Å²) in [5.41, 5.74) is 16.1. The number of hydrogen-bond acceptors (Lipinski definition) is 2. The van der Waals surface area contributed by atoms with Gasteiger partial charge >= 0.3 is 0 Å². The van der Waals surface area contributed by atoms with Crippen molar-refractivity contribution in [1.82, 2.24) is 4.40 Å². The molecule has 254 valence electrons. The number of allylic oxidation sites excluding steroid dienone is 2. The highest BCUT2D eigenvalue weighted by molar-refractivity contribution is 6.22. The first-order valence-corrected chi connectivity index (χ1v) is 19.1. The third-order valence-corrected chi connectivity index (χ3v) is 13.6. The van der Waals surface area contributed by atoms with Crippen LogP contribution in [0.4, 0.5) is 5.69 Å². The number of hydrogen-bond donors (Lipinski definition) is 0. The number of amides is 1. The van der Waals surface area contributed by atoms with Gasteiger partial charge in [0.1, 0.15) is 0 Å². The summed E-state index contributed by atoms with van der Waals surface area (Å²) >= 11 is 0. The summed E-state index contributed by atoms with van der Waals surface area (Å²) in [6.07, 6.45) is 6.66. The molecule has 4 heteroatoms. The molecule has 0 fully saturated rings. The molecule has 0 bridgehead atoms. The van der Waals surface area contributed by atoms with E-state index in [4.69, 9.17) is 0 Å². The lowest BCUT2D eigenvalue weighted by Crippen LogP contribution is -2.44. The van der Waals surface area contributed by atoms with Gasteiger partial charge in [0.15, 0.2) is 0 Å². The molecule has 2 aromatic heterocycles. The van der Waals surface area contributed by atoms with Crippen LogP contribution in [0.1, 0.15) is 49.7 Å². The van der Waals surface area contributed by atoms with E-state index in [0.29, 0.717) is 0 Å². The van der Waals surface area contributed by atoms with Gasteiger partial charge in [-0.25, -0.2) is 0 Å². The number of carbonyl (C=O) groups is 1. The maximum absolute atomic E-state index is 14.6. The zero-order valence-electron chi connectivity index (χ0n) is 29.4. The average molecular weight is 701 g/mol. The molecular weight excluding hydrogens is 673 g/mol. The Morgan fingerprint density at radius 1 is 0.509 bits per heavy atom. The van der Waals surface area contributed by atoms with Crippen LogP contribution in [-0.4, -0.2) is 16.3 Å². The summed E-state index contributed by atoms with van der Waals surface area (Å²) in [5, 5.41) is 4.94. The van der Waals surface area contributed by atoms with E-state index < -0.39 is 5.41 Å². The Kier molecular flexibility index (Phi) is 4.84. The Morgan fingerprint density at radius 2 is 1.13 bits per heavy atom. The van der Waals surface area contributed by atoms with Gasteiger partial charge in [0.2, 0.25) is 0 Å². The molecule has 0 radical (unpaired) electrons. The average Bonchev–Trinajstić information content (AvgIpc) is 3.93. The van der Waals surface area contributed by atoms with Crippen LogP contribution in [0, 0.1) is 0 Å². The maximum atomic E-state index is 14.6. The molecule has 4 heterocycles. The van der Waals surface area contributed by atoms with Crippen molar-refractivity contribution in [3.8, 4) is 22.3 Å². The molecule has 1 spiro atoms. The Hall–Kier alpha value is -7.04. The second-order valence-electron chi connectivity index (χ2n) is 15.8. The van der Waals surface area contributed by atoms with Crippen molar-refractivity contribution in [1.29, 1.82) is 0 Å². The molecule has 3 aliphatic carbocycles. The fourth-order valence-electron chi connectivity index (χ4n) is 11.6. The molecule has 2 unspecified atom stereocenters. The molecule has 5 aliphatic rings. The van der Waals surface area contributed by atoms with Crippen molar-refractivity contribution >= 4 is 55.1 Å². The monoisotopic (exact) mass is 700 g/mol. The van der Waals surface area contributed by atoms with Crippen LogP contribution in [-0.2, 0) is 5.41 Å². The molecule has 2 aliphatic heterocycles. The molecule has 2 atom stereocenters. The van der Waals surface area contributed by atoms with Crippen molar-refractivity contribution in [3.63, 3.8) is 0 Å². The fraction of sp³-hybridized carbons (Fsp3) is 0.0588. The van der Waals surface area contributed by atoms with Crippen LogP contribution in [0.2, 0.25) is 0 Å². The van der Waals surface area contributed by atoms with Crippen molar-refractivity contribution < 1.29 is 4.79 Å². The molecule has 1 amide bonds. The molecule has 0 N–H and O–H groups in total. The molecule has 0 saturated heterocycles. The summed E-state index contributed by atoms with van der Waals surface area (Å²) in [4.78, 5) is 31.2. The number of fused-ring (bicyclic) bond motifs is 20. The van der Waals surface area contributed by atoms with Gasteiger partial charge in [0.25, 0.3) is 11.5 Å². The first-order chi connectivity index (χ1) is 27.1. The molecular formula is C51H28N2O2. The van der Waals surface area contributed by atoms with E-state index in [0.717, 1.165) is 65.9 Å². The highest BCUT2D eigenvalue weighted by Crippen LogP contribution is 2.65. The van der Waals surface area contributed by atoms with Crippen molar-refractivity contribution in [2.45, 2.75) is 17.4 Å². The molecule has 55 heavy (non-hydrogen) atoms. The van der Waals surface area contributed by atoms with Gasteiger partial charge in [-0.1, -0.05) is 127 Å². The smallest absolute Gasteiger partial charge is 0.263 e. The van der Waals surface area contributed by atoms with Gasteiger partial charge in [-0.2, -0.15) is 0 Å². The van der Waals surface area contributed by atoms with Crippen molar-refractivity contribution in [2.75, 3.05) is 4.90 Å². The number of pyridine rings is 1. The Bertz CT molecular complexity index is 3410. The van der Waals surface area contributed by atoms with Gasteiger partial charge in [-0.05, 0) is 96.9 Å². The third-order valence-electron chi connectivity index (χ3n) is 13.6. The number of nitrogens with zero attached hydrogens (tertiary/aromatic N) is 2. The number of para-hydroxylation sites is 1. The minimum Gasteiger partial charge on any atom is -0.300 e. The minimum absolute atomic E-state index is 0.000419. The fourth-order valence-corrected chi connectivity index (χ4v) is 11.6. The number of anilines is 1. The van der Waals surface area contributed by atoms with E-state index in [2.05, 4.69) is 126 Å². The summed E-state index contributed by atoms with van der Waals surface area (Å²) in [6.45, 7) is 0. The number of carbonyl (C=O) groups excluding carboxylic acids is 1. The Balaban J connectivity index is 1.15. The predicted molar refractivity (Wildman–Crippen MR) is 221 cm³/mol. The highest BCUT2D eigenvalue weighted by Gasteiger charge is 2.55. The van der Waals surface area contributed by atoms with Crippen LogP contribution in [0.25, 0.3) is 65.8 Å². The van der Waals surface area contributed by atoms with Crippen LogP contribution < -0.4 is 10.5 Å². The van der Waals surface area contributed by atoms with E-state index in [1.165, 1.54) is 44.5 Å². The molecule has 0 saturated carbocycles. The van der Waals surface area contributed by atoms with Crippen molar-refractivity contribution in [2.24, 2.45) is 0 Å². The van der Waals surface area contributed by atoms with E-state index in [-0.39, 0.29) is 23.4 Å². The third kappa shape index (κ3) is 3.03. The maximum Gasteiger partial charge on any atom is 0.263 e. The SMILES string of the molecule is O=C1c2ccccc2C2=CC=CC3c4cc5c(cc4N1C23)-c1cc2c(cc1C51c3ccccc3-c3ccccc31)c1cccc3c4ccccc4c(=O)n2c31. The van der Waals surface area contributed by atoms with E-state index in [9.17, 15) is 9.59 Å². The number of benzene rings is 7. The van der Waals surface area contributed by atoms with E-state index in [1.807, 2.05) is 40.8 Å². The second-order valence-corrected chi connectivity index (χ2v) is 15.8. The normalized spacial score (nSPS) is 18.8. The first kappa shape index (κ1) is 28.5. The summed E-state index contributed by atoms with van der Waals surface area (Å²) in [6, 6.07) is 49.6. The van der Waals surface area contributed by atoms with Crippen LogP contribution in [0.3, 0.4) is 0 Å². The molecule has 9 aromatic rings. The number of rotatable bonds is 0. The largest absolute Gasteiger partial charge is 0.300 e. The Morgan fingerprint density at radius 3 is 1.91 bits per heavy atom. The highest BCUT2D eigenvalue weighted by atomic mass is 16.2. The zero-order valence-corrected chi connectivity index (χ0v) is 29.4. The minimum atomic E-state index is -0.590. The van der Waals surface area contributed by atoms with Gasteiger partial charge in [0, 0.05) is 38.7 Å². The lowest BCUT2D eigenvalue weighted by atomic mass is 9.69. The lowest BCUT2D eigenvalue weighted by molar-refractivity contribution is 0.0979. The lowest BCUT2D eigenvalue weighted by Gasteiger charge is -2.37. The van der Waals surface area contributed by atoms with Gasteiger partial charge in [0.05, 0.1) is 22.5 Å². The van der Waals surface area contributed by atoms with Crippen LogP contribution in [0.15, 0.2) is 163 Å². The molecule has 4 nitrogen and oxygen atoms in total. The van der Waals surface area contributed by atoms with E-state index >= 15 is 0 Å². The molecule has 14 rings (SSSR count). The first-order valence-electron chi connectivity index (χ1n) is 19.1. The van der Waals surface area contributed by atoms with Crippen LogP contribution >= 0.6 is 0 Å². The summed E-state index contributed by atoms with van der Waals surface area (Å²) in [5.74, 6) is 0.0855. The number of aromatic nitrogens is 1. The summed E-state index contributed by atoms with van der Waals surface area (Å²) < 4.78 is 1.96. The van der Waals surface area contributed by atoms with Gasteiger partial charge in [-0.3, -0.25) is 18.9 Å². The predicted octanol–water partition coefficient (Wildman–Crippen LogP) is 10.6. The van der Waals surface area contributed by atoms with Crippen LogP contribution in [0.5, 0.6) is 0 Å². The topological polar surface area (TPSA) is 41.8 Å². The van der Waals surface area contributed by atoms with Gasteiger partial charge in [-0.15, -0.1) is 0 Å². The van der Waals surface area contributed by atoms with Crippen molar-refractivity contribution in [3.05, 3.63) is 207 Å². The summed E-state index contributed by atoms with van der Waals surface area (Å²) in [7, 11) is 0. The quantitative estimate of drug-likeness (QED) is 0.148. The second kappa shape index (κ2) is 9.36. The zero-order chi connectivity index (χ0) is 35.9.